The normalized spacial score (nSPS) is 20.9. The second-order valence-electron chi connectivity index (χ2n) is 4.94. The molecule has 2 heterocycles. The second-order valence-corrected chi connectivity index (χ2v) is 4.94. The third kappa shape index (κ3) is 2.24. The Hall–Kier alpha value is -2.38. The van der Waals surface area contributed by atoms with Crippen LogP contribution in [-0.4, -0.2) is 30.5 Å². The minimum atomic E-state index is -0.324. The van der Waals surface area contributed by atoms with Gasteiger partial charge in [-0.05, 0) is 12.5 Å². The zero-order valence-electron chi connectivity index (χ0n) is 11.2. The van der Waals surface area contributed by atoms with Gasteiger partial charge in [-0.1, -0.05) is 0 Å². The molecule has 0 spiro atoms. The van der Waals surface area contributed by atoms with Crippen LogP contribution in [0.4, 0.5) is 0 Å². The summed E-state index contributed by atoms with van der Waals surface area (Å²) >= 11 is 0. The molecule has 0 bridgehead atoms. The maximum Gasteiger partial charge on any atom is 0.343 e. The van der Waals surface area contributed by atoms with Crippen molar-refractivity contribution in [3.8, 4) is 0 Å². The van der Waals surface area contributed by atoms with Crippen molar-refractivity contribution in [1.82, 2.24) is 24.5 Å². The van der Waals surface area contributed by atoms with Crippen molar-refractivity contribution in [2.75, 3.05) is 0 Å². The zero-order chi connectivity index (χ0) is 14.3. The Labute approximate surface area is 114 Å². The lowest BCUT2D eigenvalue weighted by molar-refractivity contribution is -0.146. The number of ether oxygens (including phenoxy) is 1. The van der Waals surface area contributed by atoms with Crippen LogP contribution in [0.15, 0.2) is 17.1 Å². The molecule has 2 atom stereocenters. The predicted octanol–water partition coefficient (Wildman–Crippen LogP) is -0.311. The third-order valence-corrected chi connectivity index (χ3v) is 3.50. The van der Waals surface area contributed by atoms with Crippen LogP contribution in [0.1, 0.15) is 23.9 Å². The van der Waals surface area contributed by atoms with Crippen molar-refractivity contribution in [2.24, 2.45) is 20.0 Å². The molecule has 8 heteroatoms. The van der Waals surface area contributed by atoms with Gasteiger partial charge in [0, 0.05) is 31.9 Å². The van der Waals surface area contributed by atoms with E-state index in [4.69, 9.17) is 4.74 Å². The van der Waals surface area contributed by atoms with Crippen LogP contribution in [0.25, 0.3) is 0 Å². The van der Waals surface area contributed by atoms with E-state index in [1.165, 1.54) is 11.7 Å². The number of carbonyl (C=O) groups excluding carboxylic acids is 1. The van der Waals surface area contributed by atoms with E-state index in [1.54, 1.807) is 10.9 Å². The number of hydrogen-bond donors (Lipinski definition) is 1. The lowest BCUT2D eigenvalue weighted by Gasteiger charge is -2.02. The number of carbonyl (C=O) groups is 1. The van der Waals surface area contributed by atoms with E-state index < -0.39 is 0 Å². The highest BCUT2D eigenvalue weighted by Gasteiger charge is 2.46. The number of H-pyrrole nitrogens is 1. The summed E-state index contributed by atoms with van der Waals surface area (Å²) in [5, 5.41) is 7.99. The molecule has 20 heavy (non-hydrogen) atoms. The number of rotatable bonds is 4. The highest BCUT2D eigenvalue weighted by atomic mass is 16.5. The van der Waals surface area contributed by atoms with Gasteiger partial charge in [-0.3, -0.25) is 14.5 Å². The maximum atomic E-state index is 11.9. The number of aromatic amines is 1. The lowest BCUT2D eigenvalue weighted by Crippen LogP contribution is -2.13. The maximum absolute atomic E-state index is 11.9. The van der Waals surface area contributed by atoms with Gasteiger partial charge in [0.05, 0.1) is 5.92 Å². The fourth-order valence-electron chi connectivity index (χ4n) is 2.30. The van der Waals surface area contributed by atoms with Gasteiger partial charge in [0.1, 0.15) is 0 Å². The summed E-state index contributed by atoms with van der Waals surface area (Å²) in [6.07, 6.45) is 2.49. The van der Waals surface area contributed by atoms with Gasteiger partial charge < -0.3 is 4.74 Å². The highest BCUT2D eigenvalue weighted by Crippen LogP contribution is 2.47. The summed E-state index contributed by atoms with van der Waals surface area (Å²) in [6, 6.07) is 1.91. The fraction of sp³-hybridized carbons (Fsp3) is 0.500. The molecule has 0 saturated heterocycles. The Kier molecular flexibility index (Phi) is 2.92. The van der Waals surface area contributed by atoms with Crippen molar-refractivity contribution in [2.45, 2.75) is 18.9 Å². The first-order chi connectivity index (χ1) is 9.56. The Balaban J connectivity index is 1.56. The Morgan fingerprint density at radius 2 is 2.30 bits per heavy atom. The summed E-state index contributed by atoms with van der Waals surface area (Å²) in [5.74, 6) is 0.143. The molecule has 0 radical (unpaired) electrons. The van der Waals surface area contributed by atoms with E-state index in [0.29, 0.717) is 5.82 Å². The number of esters is 1. The molecule has 2 aromatic heterocycles. The van der Waals surface area contributed by atoms with Crippen LogP contribution in [-0.2, 0) is 30.2 Å². The number of aryl methyl sites for hydroxylation is 2. The van der Waals surface area contributed by atoms with E-state index in [0.717, 1.165) is 12.1 Å². The van der Waals surface area contributed by atoms with Gasteiger partial charge in [0.15, 0.2) is 12.4 Å². The summed E-state index contributed by atoms with van der Waals surface area (Å²) < 4.78 is 8.11. The standard InChI is InChI=1S/C12H15N5O3/c1-16-9(3-4-13-16)7-5-8(7)11(18)20-6-10-14-12(19)17(2)15-10/h3-4,7-8H,5-6H2,1-2H3,(H,14,15,19)/t7-,8-/m1/s1. The van der Waals surface area contributed by atoms with E-state index in [2.05, 4.69) is 15.2 Å². The summed E-state index contributed by atoms with van der Waals surface area (Å²) in [6.45, 7) is -0.0104. The quantitative estimate of drug-likeness (QED) is 0.773. The molecule has 106 valence electrons. The molecule has 0 unspecified atom stereocenters. The van der Waals surface area contributed by atoms with Gasteiger partial charge >= 0.3 is 11.7 Å². The Morgan fingerprint density at radius 1 is 1.50 bits per heavy atom. The van der Waals surface area contributed by atoms with Crippen molar-refractivity contribution < 1.29 is 9.53 Å². The van der Waals surface area contributed by atoms with Gasteiger partial charge in [0.25, 0.3) is 0 Å². The van der Waals surface area contributed by atoms with Gasteiger partial charge in [-0.2, -0.15) is 10.2 Å². The third-order valence-electron chi connectivity index (χ3n) is 3.50. The fourth-order valence-corrected chi connectivity index (χ4v) is 2.30. The number of nitrogens with one attached hydrogen (secondary N) is 1. The predicted molar refractivity (Wildman–Crippen MR) is 67.7 cm³/mol. The van der Waals surface area contributed by atoms with Gasteiger partial charge in [0.2, 0.25) is 0 Å². The molecule has 3 rings (SSSR count). The molecule has 1 saturated carbocycles. The number of nitrogens with zero attached hydrogens (tertiary/aromatic N) is 4. The van der Waals surface area contributed by atoms with Crippen LogP contribution in [0, 0.1) is 5.92 Å². The van der Waals surface area contributed by atoms with Crippen molar-refractivity contribution in [1.29, 1.82) is 0 Å². The summed E-state index contributed by atoms with van der Waals surface area (Å²) in [7, 11) is 3.39. The minimum Gasteiger partial charge on any atom is -0.457 e. The minimum absolute atomic E-state index is 0.0104. The molecule has 0 amide bonds. The average Bonchev–Trinajstić information content (AvgIpc) is 2.99. The summed E-state index contributed by atoms with van der Waals surface area (Å²) in [5.41, 5.74) is 0.716. The molecule has 1 fully saturated rings. The van der Waals surface area contributed by atoms with E-state index in [9.17, 15) is 9.59 Å². The van der Waals surface area contributed by atoms with E-state index >= 15 is 0 Å². The topological polar surface area (TPSA) is 94.8 Å². The molecule has 8 nitrogen and oxygen atoms in total. The lowest BCUT2D eigenvalue weighted by atomic mass is 10.2. The molecular formula is C12H15N5O3. The first-order valence-electron chi connectivity index (χ1n) is 6.33. The first-order valence-corrected chi connectivity index (χ1v) is 6.33. The van der Waals surface area contributed by atoms with Crippen LogP contribution in [0.2, 0.25) is 0 Å². The SMILES string of the molecule is Cn1nccc1[C@@H]1C[C@H]1C(=O)OCc1nn(C)c(=O)[nH]1. The summed E-state index contributed by atoms with van der Waals surface area (Å²) in [4.78, 5) is 25.6. The molecule has 1 aliphatic carbocycles. The smallest absolute Gasteiger partial charge is 0.343 e. The van der Waals surface area contributed by atoms with Crippen LogP contribution >= 0.6 is 0 Å². The highest BCUT2D eigenvalue weighted by molar-refractivity contribution is 5.77. The van der Waals surface area contributed by atoms with Crippen molar-refractivity contribution in [3.63, 3.8) is 0 Å². The van der Waals surface area contributed by atoms with Crippen molar-refractivity contribution >= 4 is 5.97 Å². The first kappa shape index (κ1) is 12.6. The molecular weight excluding hydrogens is 262 g/mol. The van der Waals surface area contributed by atoms with Crippen LogP contribution < -0.4 is 5.69 Å². The molecule has 1 aliphatic rings. The van der Waals surface area contributed by atoms with Gasteiger partial charge in [-0.15, -0.1) is 0 Å². The van der Waals surface area contributed by atoms with Gasteiger partial charge in [-0.25, -0.2) is 9.48 Å². The van der Waals surface area contributed by atoms with Crippen LogP contribution in [0.3, 0.4) is 0 Å². The Bertz CT molecular complexity index is 698. The monoisotopic (exact) mass is 277 g/mol. The number of hydrogen-bond acceptors (Lipinski definition) is 5. The Morgan fingerprint density at radius 3 is 2.90 bits per heavy atom. The molecule has 2 aromatic rings. The second kappa shape index (κ2) is 4.62. The molecule has 1 N–H and O–H groups in total. The molecule has 0 aromatic carbocycles. The average molecular weight is 277 g/mol. The van der Waals surface area contributed by atoms with E-state index in [-0.39, 0.29) is 30.1 Å². The van der Waals surface area contributed by atoms with Crippen molar-refractivity contribution in [3.05, 3.63) is 34.3 Å². The molecule has 0 aliphatic heterocycles. The van der Waals surface area contributed by atoms with Crippen LogP contribution in [0.5, 0.6) is 0 Å². The van der Waals surface area contributed by atoms with E-state index in [1.807, 2.05) is 13.1 Å². The zero-order valence-corrected chi connectivity index (χ0v) is 11.2. The number of aromatic nitrogens is 5. The largest absolute Gasteiger partial charge is 0.457 e.